The van der Waals surface area contributed by atoms with Gasteiger partial charge in [-0.25, -0.2) is 9.59 Å². The Morgan fingerprint density at radius 2 is 1.77 bits per heavy atom. The van der Waals surface area contributed by atoms with Crippen molar-refractivity contribution >= 4 is 12.2 Å². The van der Waals surface area contributed by atoms with Gasteiger partial charge in [-0.2, -0.15) is 0 Å². The van der Waals surface area contributed by atoms with Crippen LogP contribution in [0, 0.1) is 5.92 Å². The molecule has 2 amide bonds. The van der Waals surface area contributed by atoms with Crippen molar-refractivity contribution < 1.29 is 19.1 Å². The molecular weight excluding hydrogens is 286 g/mol. The molecule has 0 fully saturated rings. The molecule has 1 unspecified atom stereocenters. The Balaban J connectivity index is 2.55. The van der Waals surface area contributed by atoms with Crippen LogP contribution in [0.25, 0.3) is 0 Å². The first-order chi connectivity index (χ1) is 10.3. The van der Waals surface area contributed by atoms with Crippen molar-refractivity contribution in [1.82, 2.24) is 9.80 Å². The molecule has 7 nitrogen and oxygen atoms in total. The number of carbonyl (C=O) groups excluding carboxylic acids is 2. The van der Waals surface area contributed by atoms with Gasteiger partial charge in [-0.15, -0.1) is 0 Å². The first-order valence-electron chi connectivity index (χ1n) is 7.45. The van der Waals surface area contributed by atoms with E-state index in [1.165, 1.54) is 9.80 Å². The monoisotopic (exact) mass is 313 g/mol. The molecule has 0 spiro atoms. The maximum atomic E-state index is 11.6. The van der Waals surface area contributed by atoms with Gasteiger partial charge in [-0.1, -0.05) is 6.08 Å². The Kier molecular flexibility index (Phi) is 7.17. The van der Waals surface area contributed by atoms with Crippen molar-refractivity contribution in [3.05, 3.63) is 12.2 Å². The lowest BCUT2D eigenvalue weighted by Crippen LogP contribution is -2.37. The lowest BCUT2D eigenvalue weighted by molar-refractivity contribution is 0.0736. The highest BCUT2D eigenvalue weighted by Gasteiger charge is 2.24. The van der Waals surface area contributed by atoms with E-state index in [9.17, 15) is 9.59 Å². The summed E-state index contributed by atoms with van der Waals surface area (Å²) in [5.41, 5.74) is 6.13. The van der Waals surface area contributed by atoms with Gasteiger partial charge in [-0.05, 0) is 25.3 Å². The van der Waals surface area contributed by atoms with E-state index in [2.05, 4.69) is 0 Å². The van der Waals surface area contributed by atoms with Gasteiger partial charge < -0.3 is 25.0 Å². The minimum Gasteiger partial charge on any atom is -0.449 e. The summed E-state index contributed by atoms with van der Waals surface area (Å²) >= 11 is 0. The Hall–Kier alpha value is -1.76. The van der Waals surface area contributed by atoms with E-state index >= 15 is 0 Å². The lowest BCUT2D eigenvalue weighted by atomic mass is 9.90. The predicted octanol–water partition coefficient (Wildman–Crippen LogP) is 1.44. The van der Waals surface area contributed by atoms with E-state index in [1.807, 2.05) is 12.2 Å². The minimum absolute atomic E-state index is 0.0504. The quantitative estimate of drug-likeness (QED) is 0.797. The zero-order valence-electron chi connectivity index (χ0n) is 13.8. The number of carbonyl (C=O) groups is 2. The molecule has 0 heterocycles. The molecule has 7 heteroatoms. The minimum atomic E-state index is -0.375. The molecule has 22 heavy (non-hydrogen) atoms. The summed E-state index contributed by atoms with van der Waals surface area (Å²) in [5.74, 6) is 0.0504. The molecule has 0 aromatic carbocycles. The van der Waals surface area contributed by atoms with Gasteiger partial charge in [0.15, 0.2) is 0 Å². The molecule has 1 rings (SSSR count). The molecule has 0 saturated carbocycles. The molecule has 3 atom stereocenters. The maximum absolute atomic E-state index is 11.6. The first-order valence-corrected chi connectivity index (χ1v) is 7.45. The lowest BCUT2D eigenvalue weighted by Gasteiger charge is -2.27. The zero-order chi connectivity index (χ0) is 16.7. The van der Waals surface area contributed by atoms with E-state index < -0.39 is 0 Å². The van der Waals surface area contributed by atoms with Crippen LogP contribution in [0.3, 0.4) is 0 Å². The highest BCUT2D eigenvalue weighted by molar-refractivity contribution is 5.67. The third-order valence-electron chi connectivity index (χ3n) is 3.59. The standard InChI is InChI=1S/C15H27N3O4/c1-17(2)14(19)21-10-11-8-9-12(6-5-7-13(11)16)22-15(20)18(3)4/h5-6,11-13H,7-10,16H2,1-4H3/b6-5+/t11-,12-,13?/m1/s1. The molecule has 0 aromatic heterocycles. The fourth-order valence-electron chi connectivity index (χ4n) is 2.12. The molecule has 126 valence electrons. The topological polar surface area (TPSA) is 85.1 Å². The van der Waals surface area contributed by atoms with Crippen molar-refractivity contribution in [1.29, 1.82) is 0 Å². The first kappa shape index (κ1) is 18.3. The van der Waals surface area contributed by atoms with Crippen molar-refractivity contribution in [2.75, 3.05) is 34.8 Å². The number of rotatable bonds is 3. The van der Waals surface area contributed by atoms with Gasteiger partial charge in [0, 0.05) is 40.2 Å². The molecule has 0 saturated heterocycles. The van der Waals surface area contributed by atoms with Crippen LogP contribution in [0.4, 0.5) is 9.59 Å². The number of amides is 2. The highest BCUT2D eigenvalue weighted by atomic mass is 16.6. The Bertz CT molecular complexity index is 410. The van der Waals surface area contributed by atoms with E-state index in [-0.39, 0.29) is 36.9 Å². The molecule has 2 N–H and O–H groups in total. The van der Waals surface area contributed by atoms with Crippen molar-refractivity contribution in [3.63, 3.8) is 0 Å². The van der Waals surface area contributed by atoms with Crippen LogP contribution >= 0.6 is 0 Å². The van der Waals surface area contributed by atoms with Crippen molar-refractivity contribution in [2.24, 2.45) is 11.7 Å². The summed E-state index contributed by atoms with van der Waals surface area (Å²) < 4.78 is 10.6. The molecule has 0 aliphatic heterocycles. The van der Waals surface area contributed by atoms with Gasteiger partial charge in [0.2, 0.25) is 0 Å². The van der Waals surface area contributed by atoms with Gasteiger partial charge >= 0.3 is 12.2 Å². The average Bonchev–Trinajstić information content (AvgIpc) is 2.43. The number of hydrogen-bond acceptors (Lipinski definition) is 5. The number of hydrogen-bond donors (Lipinski definition) is 1. The van der Waals surface area contributed by atoms with Crippen LogP contribution in [0.15, 0.2) is 12.2 Å². The van der Waals surface area contributed by atoms with Gasteiger partial charge in [0.05, 0.1) is 6.61 Å². The number of nitrogens with zero attached hydrogens (tertiary/aromatic N) is 2. The summed E-state index contributed by atoms with van der Waals surface area (Å²) in [6.07, 6.45) is 4.86. The zero-order valence-corrected chi connectivity index (χ0v) is 13.8. The Morgan fingerprint density at radius 1 is 1.14 bits per heavy atom. The summed E-state index contributed by atoms with van der Waals surface area (Å²) in [7, 11) is 6.57. The molecule has 0 aromatic rings. The van der Waals surface area contributed by atoms with Crippen LogP contribution in [0.1, 0.15) is 19.3 Å². The summed E-state index contributed by atoms with van der Waals surface area (Å²) in [6.45, 7) is 0.278. The fraction of sp³-hybridized carbons (Fsp3) is 0.733. The van der Waals surface area contributed by atoms with E-state index in [0.717, 1.165) is 6.42 Å². The van der Waals surface area contributed by atoms with E-state index in [4.69, 9.17) is 15.2 Å². The normalized spacial score (nSPS) is 26.3. The van der Waals surface area contributed by atoms with Crippen molar-refractivity contribution in [2.45, 2.75) is 31.4 Å². The summed E-state index contributed by atoms with van der Waals surface area (Å²) in [4.78, 5) is 25.9. The third-order valence-corrected chi connectivity index (χ3v) is 3.59. The predicted molar refractivity (Wildman–Crippen MR) is 83.4 cm³/mol. The SMILES string of the molecule is CN(C)C(=O)OC[C@H]1CC[C@H](OC(=O)N(C)C)/C=C/CC1N. The second-order valence-corrected chi connectivity index (χ2v) is 5.95. The largest absolute Gasteiger partial charge is 0.449 e. The van der Waals surface area contributed by atoms with E-state index in [0.29, 0.717) is 12.8 Å². The summed E-state index contributed by atoms with van der Waals surface area (Å²) in [6, 6.07) is -0.0725. The smallest absolute Gasteiger partial charge is 0.409 e. The van der Waals surface area contributed by atoms with E-state index in [1.54, 1.807) is 28.2 Å². The van der Waals surface area contributed by atoms with Gasteiger partial charge in [0.25, 0.3) is 0 Å². The number of ether oxygens (including phenoxy) is 2. The third kappa shape index (κ3) is 5.93. The summed E-state index contributed by atoms with van der Waals surface area (Å²) in [5, 5.41) is 0. The van der Waals surface area contributed by atoms with Gasteiger partial charge in [-0.3, -0.25) is 0 Å². The van der Waals surface area contributed by atoms with Crippen LogP contribution in [-0.4, -0.2) is 68.9 Å². The average molecular weight is 313 g/mol. The maximum Gasteiger partial charge on any atom is 0.409 e. The molecule has 1 aliphatic carbocycles. The molecule has 1 aliphatic rings. The Labute approximate surface area is 132 Å². The van der Waals surface area contributed by atoms with Crippen LogP contribution in [-0.2, 0) is 9.47 Å². The Morgan fingerprint density at radius 3 is 2.36 bits per heavy atom. The van der Waals surface area contributed by atoms with Crippen LogP contribution in [0.5, 0.6) is 0 Å². The second kappa shape index (κ2) is 8.63. The number of nitrogens with two attached hydrogens (primary N) is 1. The van der Waals surface area contributed by atoms with Gasteiger partial charge in [0.1, 0.15) is 6.10 Å². The molecular formula is C15H27N3O4. The van der Waals surface area contributed by atoms with Crippen LogP contribution < -0.4 is 5.73 Å². The fourth-order valence-corrected chi connectivity index (χ4v) is 2.12. The van der Waals surface area contributed by atoms with Crippen LogP contribution in [0.2, 0.25) is 0 Å². The van der Waals surface area contributed by atoms with Crippen molar-refractivity contribution in [3.8, 4) is 0 Å². The molecule has 0 bridgehead atoms. The highest BCUT2D eigenvalue weighted by Crippen LogP contribution is 2.21. The second-order valence-electron chi connectivity index (χ2n) is 5.95. The molecule has 0 radical (unpaired) electrons.